The van der Waals surface area contributed by atoms with E-state index in [1.54, 1.807) is 12.1 Å². The Morgan fingerprint density at radius 3 is 2.62 bits per heavy atom. The second-order valence-corrected chi connectivity index (χ2v) is 11.9. The highest BCUT2D eigenvalue weighted by Crippen LogP contribution is 2.55. The van der Waals surface area contributed by atoms with Gasteiger partial charge in [0, 0.05) is 6.54 Å². The van der Waals surface area contributed by atoms with E-state index in [1.165, 1.54) is 10.8 Å². The number of benzene rings is 1. The van der Waals surface area contributed by atoms with Gasteiger partial charge < -0.3 is 39.5 Å². The van der Waals surface area contributed by atoms with E-state index in [4.69, 9.17) is 19.0 Å². The summed E-state index contributed by atoms with van der Waals surface area (Å²) in [5.41, 5.74) is -0.166. The number of anilines is 1. The van der Waals surface area contributed by atoms with E-state index in [0.717, 1.165) is 5.56 Å². The fourth-order valence-electron chi connectivity index (χ4n) is 3.73. The molecule has 0 spiro atoms. The highest BCUT2D eigenvalue weighted by Gasteiger charge is 2.51. The number of aromatic nitrogens is 3. The van der Waals surface area contributed by atoms with Gasteiger partial charge in [-0.1, -0.05) is 30.3 Å². The van der Waals surface area contributed by atoms with E-state index >= 15 is 0 Å². The van der Waals surface area contributed by atoms with Gasteiger partial charge in [-0.15, -0.1) is 0 Å². The Kier molecular flexibility index (Phi) is 6.94. The number of ether oxygens (including phenoxy) is 1. The Morgan fingerprint density at radius 1 is 1.18 bits per heavy atom. The van der Waals surface area contributed by atoms with Crippen LogP contribution in [0.1, 0.15) is 11.3 Å². The molecule has 34 heavy (non-hydrogen) atoms. The summed E-state index contributed by atoms with van der Waals surface area (Å²) in [6, 6.07) is 12.9. The van der Waals surface area contributed by atoms with Crippen LogP contribution in [0.2, 0.25) is 0 Å². The molecule has 3 aromatic rings. The Hall–Kier alpha value is -2.18. The molecule has 6 N–H and O–H groups in total. The summed E-state index contributed by atoms with van der Waals surface area (Å²) < 4.78 is 34.4. The van der Waals surface area contributed by atoms with E-state index < -0.39 is 45.5 Å². The molecule has 15 heteroatoms. The zero-order chi connectivity index (χ0) is 24.6. The molecule has 3 heterocycles. The summed E-state index contributed by atoms with van der Waals surface area (Å²) in [6.07, 6.45) is -1.53. The average molecular weight is 514 g/mol. The molecule has 184 valence electrons. The lowest BCUT2D eigenvalue weighted by atomic mass is 9.93. The van der Waals surface area contributed by atoms with E-state index in [2.05, 4.69) is 15.4 Å². The molecule has 1 aliphatic heterocycles. The van der Waals surface area contributed by atoms with E-state index in [9.17, 15) is 24.2 Å². The Balaban J connectivity index is 1.50. The number of fused-ring (bicyclic) bond motifs is 1. The number of hydrogen-bond donors (Lipinski definition) is 6. The topological polar surface area (TPSA) is 196 Å². The van der Waals surface area contributed by atoms with Crippen molar-refractivity contribution in [3.8, 4) is 0 Å². The smallest absolute Gasteiger partial charge is 0.340 e. The van der Waals surface area contributed by atoms with E-state index in [0.29, 0.717) is 17.9 Å². The van der Waals surface area contributed by atoms with Crippen LogP contribution in [-0.4, -0.2) is 70.8 Å². The number of hydrogen-bond acceptors (Lipinski definition) is 9. The van der Waals surface area contributed by atoms with Gasteiger partial charge in [0.1, 0.15) is 24.1 Å². The van der Waals surface area contributed by atoms with Crippen molar-refractivity contribution in [2.24, 2.45) is 0 Å². The molecule has 0 radical (unpaired) electrons. The number of nitrogens with zero attached hydrogens (tertiary/aromatic N) is 3. The SMILES string of the molecule is O=P(O)(O)CP(=O)(O)OC[C@H]1OC[C@@](O)(c2ccc3c(NCc4ccccc4)ncnn23)[C@@H]1O. The van der Waals surface area contributed by atoms with Crippen LogP contribution < -0.4 is 5.32 Å². The zero-order valence-electron chi connectivity index (χ0n) is 17.7. The van der Waals surface area contributed by atoms with Gasteiger partial charge in [-0.3, -0.25) is 9.13 Å². The summed E-state index contributed by atoms with van der Waals surface area (Å²) in [7, 11) is -9.44. The van der Waals surface area contributed by atoms with Crippen LogP contribution in [0, 0.1) is 0 Å². The minimum absolute atomic E-state index is 0.199. The second-order valence-electron chi connectivity index (χ2n) is 7.92. The lowest BCUT2D eigenvalue weighted by molar-refractivity contribution is -0.0623. The van der Waals surface area contributed by atoms with Gasteiger partial charge in [0.25, 0.3) is 0 Å². The summed E-state index contributed by atoms with van der Waals surface area (Å²) >= 11 is 0. The van der Waals surface area contributed by atoms with Crippen molar-refractivity contribution in [1.82, 2.24) is 14.6 Å². The molecule has 13 nitrogen and oxygen atoms in total. The predicted octanol–water partition coefficient (Wildman–Crippen LogP) is 0.626. The molecule has 4 atom stereocenters. The summed E-state index contributed by atoms with van der Waals surface area (Å²) in [4.78, 5) is 31.7. The standard InChI is InChI=1S/C19H24N4O9P2/c24-17-15(9-32-34(29,30)12-33(26,27)28)31-10-19(17,25)16-7-6-14-18(21-11-22-23(14)16)20-8-13-4-2-1-3-5-13/h1-7,11,15,17,24-25H,8-10,12H2,(H,29,30)(H,20,21,22)(H2,26,27,28)/t15-,17-,19-/m1/s1. The normalized spacial score (nSPS) is 24.9. The maximum Gasteiger partial charge on any atom is 0.340 e. The van der Waals surface area contributed by atoms with Crippen LogP contribution in [0.15, 0.2) is 48.8 Å². The number of aliphatic hydroxyl groups is 2. The molecule has 0 saturated carbocycles. The highest BCUT2D eigenvalue weighted by atomic mass is 31.2. The second kappa shape index (κ2) is 9.46. The number of rotatable bonds is 9. The first-order valence-corrected chi connectivity index (χ1v) is 13.7. The van der Waals surface area contributed by atoms with Crippen LogP contribution in [0.3, 0.4) is 0 Å². The monoisotopic (exact) mass is 514 g/mol. The lowest BCUT2D eigenvalue weighted by Gasteiger charge is -2.26. The molecule has 0 aliphatic carbocycles. The zero-order valence-corrected chi connectivity index (χ0v) is 19.5. The summed E-state index contributed by atoms with van der Waals surface area (Å²) in [5, 5.41) is 29.3. The minimum atomic E-state index is -4.80. The predicted molar refractivity (Wildman–Crippen MR) is 119 cm³/mol. The lowest BCUT2D eigenvalue weighted by Crippen LogP contribution is -2.43. The molecule has 1 fully saturated rings. The van der Waals surface area contributed by atoms with Crippen molar-refractivity contribution in [2.45, 2.75) is 24.4 Å². The molecule has 1 aliphatic rings. The van der Waals surface area contributed by atoms with Crippen LogP contribution in [0.25, 0.3) is 5.52 Å². The number of aliphatic hydroxyl groups excluding tert-OH is 1. The van der Waals surface area contributed by atoms with Gasteiger partial charge in [-0.25, -0.2) is 9.50 Å². The third-order valence-corrected chi connectivity index (χ3v) is 8.82. The first-order valence-electron chi connectivity index (χ1n) is 10.1. The minimum Gasteiger partial charge on any atom is -0.387 e. The Morgan fingerprint density at radius 2 is 1.91 bits per heavy atom. The van der Waals surface area contributed by atoms with Crippen molar-refractivity contribution in [3.05, 3.63) is 60.0 Å². The fourth-order valence-corrected chi connectivity index (χ4v) is 6.29. The quantitative estimate of drug-likeness (QED) is 0.218. The van der Waals surface area contributed by atoms with Gasteiger partial charge in [-0.2, -0.15) is 5.10 Å². The third kappa shape index (κ3) is 5.38. The van der Waals surface area contributed by atoms with Gasteiger partial charge in [0.05, 0.1) is 18.9 Å². The van der Waals surface area contributed by atoms with Gasteiger partial charge in [0.2, 0.25) is 0 Å². The van der Waals surface area contributed by atoms with Crippen LogP contribution in [0.4, 0.5) is 5.82 Å². The van der Waals surface area contributed by atoms with Crippen LogP contribution >= 0.6 is 15.2 Å². The molecule has 1 saturated heterocycles. The molecule has 0 amide bonds. The number of nitrogens with one attached hydrogen (secondary N) is 1. The maximum absolute atomic E-state index is 11.9. The van der Waals surface area contributed by atoms with Crippen molar-refractivity contribution in [3.63, 3.8) is 0 Å². The summed E-state index contributed by atoms with van der Waals surface area (Å²) in [5.74, 6) is -0.868. The van der Waals surface area contributed by atoms with Crippen molar-refractivity contribution in [1.29, 1.82) is 0 Å². The molecule has 1 aromatic carbocycles. The summed E-state index contributed by atoms with van der Waals surface area (Å²) in [6.45, 7) is -0.544. The maximum atomic E-state index is 11.9. The molecule has 2 aromatic heterocycles. The largest absolute Gasteiger partial charge is 0.387 e. The van der Waals surface area contributed by atoms with Crippen molar-refractivity contribution >= 4 is 26.5 Å². The average Bonchev–Trinajstić information content (AvgIpc) is 3.33. The van der Waals surface area contributed by atoms with Gasteiger partial charge in [0.15, 0.2) is 17.3 Å². The van der Waals surface area contributed by atoms with Gasteiger partial charge >= 0.3 is 15.2 Å². The first-order chi connectivity index (χ1) is 16.0. The van der Waals surface area contributed by atoms with Crippen molar-refractivity contribution in [2.75, 3.05) is 24.4 Å². The van der Waals surface area contributed by atoms with Crippen molar-refractivity contribution < 1.29 is 43.3 Å². The molecule has 4 rings (SSSR count). The first kappa shape index (κ1) is 24.9. The van der Waals surface area contributed by atoms with Gasteiger partial charge in [-0.05, 0) is 17.7 Å². The van der Waals surface area contributed by atoms with Crippen LogP contribution in [-0.2, 0) is 30.5 Å². The third-order valence-electron chi connectivity index (χ3n) is 5.36. The highest BCUT2D eigenvalue weighted by molar-refractivity contribution is 7.70. The Labute approximate surface area is 193 Å². The van der Waals surface area contributed by atoms with E-state index in [1.807, 2.05) is 30.3 Å². The molecule has 1 unspecified atom stereocenters. The molecule has 0 bridgehead atoms. The van der Waals surface area contributed by atoms with E-state index in [-0.39, 0.29) is 12.3 Å². The Bertz CT molecular complexity index is 1250. The molecular formula is C19H24N4O9P2. The molecular weight excluding hydrogens is 490 g/mol. The van der Waals surface area contributed by atoms with Crippen LogP contribution in [0.5, 0.6) is 0 Å². The fraction of sp³-hybridized carbons (Fsp3) is 0.368.